The Labute approximate surface area is 307 Å². The van der Waals surface area contributed by atoms with E-state index in [1.807, 2.05) is 23.5 Å². The summed E-state index contributed by atoms with van der Waals surface area (Å²) in [4.78, 5) is 1.27. The second-order valence-electron chi connectivity index (χ2n) is 13.9. The summed E-state index contributed by atoms with van der Waals surface area (Å²) < 4.78 is 14.2. The second kappa shape index (κ2) is 10.9. The van der Waals surface area contributed by atoms with Crippen molar-refractivity contribution in [1.82, 2.24) is 0 Å². The van der Waals surface area contributed by atoms with Crippen LogP contribution in [0.4, 0.5) is 0 Å². The Bertz CT molecular complexity index is 3390. The molecule has 0 radical (unpaired) electrons. The number of rotatable bonds is 3. The SMILES string of the molecule is c1ccc(-c2c(-c3c4ccccc4c(-c4ccc5ccc6c7ccccc7oc6c5c4)c4ccccc34)sc3ccc4oc5ccccc5c4c23)cc1. The van der Waals surface area contributed by atoms with Crippen LogP contribution in [0.3, 0.4) is 0 Å². The van der Waals surface area contributed by atoms with Gasteiger partial charge in [0, 0.05) is 53.0 Å². The molecule has 3 aromatic heterocycles. The van der Waals surface area contributed by atoms with Crippen LogP contribution in [0.2, 0.25) is 0 Å². The van der Waals surface area contributed by atoms with Gasteiger partial charge in [0.15, 0.2) is 0 Å². The summed E-state index contributed by atoms with van der Waals surface area (Å²) in [7, 11) is 0. The summed E-state index contributed by atoms with van der Waals surface area (Å²) in [5, 5.41) is 13.1. The molecule has 0 bridgehead atoms. The zero-order valence-electron chi connectivity index (χ0n) is 28.4. The predicted octanol–water partition coefficient (Wildman–Crippen LogP) is 15.2. The maximum absolute atomic E-state index is 6.54. The van der Waals surface area contributed by atoms with Gasteiger partial charge in [-0.1, -0.05) is 133 Å². The number of hydrogen-bond acceptors (Lipinski definition) is 3. The monoisotopic (exact) mass is 692 g/mol. The summed E-state index contributed by atoms with van der Waals surface area (Å²) in [5.74, 6) is 0. The van der Waals surface area contributed by atoms with Crippen molar-refractivity contribution >= 4 is 97.6 Å². The lowest BCUT2D eigenvalue weighted by atomic mass is 9.85. The third-order valence-electron chi connectivity index (χ3n) is 11.1. The fraction of sp³-hybridized carbons (Fsp3) is 0. The third-order valence-corrected chi connectivity index (χ3v) is 12.2. The maximum Gasteiger partial charge on any atom is 0.143 e. The van der Waals surface area contributed by atoms with Gasteiger partial charge in [-0.15, -0.1) is 11.3 Å². The van der Waals surface area contributed by atoms with Gasteiger partial charge in [-0.25, -0.2) is 0 Å². The lowest BCUT2D eigenvalue weighted by Gasteiger charge is -2.18. The molecule has 246 valence electrons. The number of fused-ring (bicyclic) bond motifs is 12. The Hall–Kier alpha value is -6.68. The van der Waals surface area contributed by atoms with Crippen LogP contribution in [0, 0.1) is 0 Å². The first-order valence-electron chi connectivity index (χ1n) is 18.0. The lowest BCUT2D eigenvalue weighted by Crippen LogP contribution is -1.91. The third kappa shape index (κ3) is 4.08. The van der Waals surface area contributed by atoms with E-state index in [9.17, 15) is 0 Å². The van der Waals surface area contributed by atoms with Gasteiger partial charge in [-0.05, 0) is 80.0 Å². The standard InChI is InChI=1S/C50H28O2S/c1-2-12-30(13-3-1)45-48-43(27-26-42-47(48)38-19-9-11-21-41(38)51-42)53-50(45)46-35-17-6-4-15-33(35)44(34-16-5-7-18-36(34)46)31-23-22-29-24-25-37-32-14-8-10-20-40(32)52-49(37)39(29)28-31/h1-28H. The minimum atomic E-state index is 0.914. The highest BCUT2D eigenvalue weighted by molar-refractivity contribution is 7.23. The van der Waals surface area contributed by atoms with E-state index < -0.39 is 0 Å². The van der Waals surface area contributed by atoms with Crippen LogP contribution in [-0.4, -0.2) is 0 Å². The number of para-hydroxylation sites is 2. The van der Waals surface area contributed by atoms with E-state index in [0.717, 1.165) is 43.9 Å². The number of furan rings is 2. The van der Waals surface area contributed by atoms with Crippen molar-refractivity contribution < 1.29 is 8.83 Å². The Morgan fingerprint density at radius 3 is 1.68 bits per heavy atom. The smallest absolute Gasteiger partial charge is 0.143 e. The molecular formula is C50H28O2S. The largest absolute Gasteiger partial charge is 0.456 e. The maximum atomic E-state index is 6.54. The van der Waals surface area contributed by atoms with Gasteiger partial charge in [0.1, 0.15) is 22.3 Å². The van der Waals surface area contributed by atoms with Gasteiger partial charge in [0.25, 0.3) is 0 Å². The summed E-state index contributed by atoms with van der Waals surface area (Å²) in [5.41, 5.74) is 9.82. The second-order valence-corrected chi connectivity index (χ2v) is 15.0. The van der Waals surface area contributed by atoms with E-state index in [1.54, 1.807) is 0 Å². The molecule has 0 aliphatic carbocycles. The molecule has 0 N–H and O–H groups in total. The summed E-state index contributed by atoms with van der Waals surface area (Å²) in [6, 6.07) is 61.2. The molecule has 0 amide bonds. The lowest BCUT2D eigenvalue weighted by molar-refractivity contribution is 0.669. The van der Waals surface area contributed by atoms with Gasteiger partial charge >= 0.3 is 0 Å². The van der Waals surface area contributed by atoms with Crippen LogP contribution in [0.1, 0.15) is 0 Å². The van der Waals surface area contributed by atoms with E-state index in [1.165, 1.54) is 75.1 Å². The van der Waals surface area contributed by atoms with Crippen LogP contribution in [0.5, 0.6) is 0 Å². The zero-order valence-corrected chi connectivity index (χ0v) is 29.2. The normalized spacial score (nSPS) is 12.2. The minimum Gasteiger partial charge on any atom is -0.456 e. The molecule has 0 saturated heterocycles. The van der Waals surface area contributed by atoms with Crippen LogP contribution in [0.15, 0.2) is 179 Å². The molecule has 53 heavy (non-hydrogen) atoms. The Balaban J connectivity index is 1.21. The van der Waals surface area contributed by atoms with Crippen LogP contribution in [0.25, 0.3) is 119 Å². The number of benzene rings is 9. The van der Waals surface area contributed by atoms with Crippen LogP contribution in [-0.2, 0) is 0 Å². The zero-order chi connectivity index (χ0) is 34.6. The van der Waals surface area contributed by atoms with Crippen molar-refractivity contribution in [3.05, 3.63) is 170 Å². The Kier molecular flexibility index (Phi) is 5.96. The summed E-state index contributed by atoms with van der Waals surface area (Å²) in [6.45, 7) is 0. The molecule has 0 aliphatic rings. The van der Waals surface area contributed by atoms with Gasteiger partial charge in [0.2, 0.25) is 0 Å². The first-order valence-corrected chi connectivity index (χ1v) is 18.8. The van der Waals surface area contributed by atoms with E-state index >= 15 is 0 Å². The molecule has 3 heteroatoms. The predicted molar refractivity (Wildman–Crippen MR) is 225 cm³/mol. The molecule has 0 fully saturated rings. The van der Waals surface area contributed by atoms with Crippen molar-refractivity contribution in [2.24, 2.45) is 0 Å². The molecule has 3 heterocycles. The highest BCUT2D eigenvalue weighted by atomic mass is 32.1. The number of thiophene rings is 1. The van der Waals surface area contributed by atoms with Gasteiger partial charge in [-0.3, -0.25) is 0 Å². The average Bonchev–Trinajstić information content (AvgIpc) is 3.91. The van der Waals surface area contributed by atoms with E-state index in [0.29, 0.717) is 0 Å². The van der Waals surface area contributed by atoms with E-state index in [2.05, 4.69) is 158 Å². The fourth-order valence-corrected chi connectivity index (χ4v) is 10.1. The van der Waals surface area contributed by atoms with Gasteiger partial charge < -0.3 is 8.83 Å². The van der Waals surface area contributed by atoms with Crippen molar-refractivity contribution in [3.63, 3.8) is 0 Å². The fourth-order valence-electron chi connectivity index (χ4n) is 8.80. The summed E-state index contributed by atoms with van der Waals surface area (Å²) in [6.07, 6.45) is 0. The van der Waals surface area contributed by atoms with Crippen molar-refractivity contribution in [2.75, 3.05) is 0 Å². The Morgan fingerprint density at radius 1 is 0.340 bits per heavy atom. The molecule has 12 rings (SSSR count). The molecular weight excluding hydrogens is 665 g/mol. The molecule has 0 unspecified atom stereocenters. The first-order chi connectivity index (χ1) is 26.3. The highest BCUT2D eigenvalue weighted by Crippen LogP contribution is 2.53. The molecule has 0 spiro atoms. The minimum absolute atomic E-state index is 0.914. The van der Waals surface area contributed by atoms with Crippen molar-refractivity contribution in [3.8, 4) is 32.7 Å². The van der Waals surface area contributed by atoms with Crippen LogP contribution >= 0.6 is 11.3 Å². The van der Waals surface area contributed by atoms with Gasteiger partial charge in [-0.2, -0.15) is 0 Å². The molecule has 2 nitrogen and oxygen atoms in total. The topological polar surface area (TPSA) is 26.3 Å². The quantitative estimate of drug-likeness (QED) is 0.172. The number of hydrogen-bond donors (Lipinski definition) is 0. The summed E-state index contributed by atoms with van der Waals surface area (Å²) >= 11 is 1.88. The molecule has 0 aliphatic heterocycles. The van der Waals surface area contributed by atoms with E-state index in [-0.39, 0.29) is 0 Å². The average molecular weight is 693 g/mol. The molecule has 0 saturated carbocycles. The van der Waals surface area contributed by atoms with Gasteiger partial charge in [0.05, 0.1) is 0 Å². The highest BCUT2D eigenvalue weighted by Gasteiger charge is 2.25. The Morgan fingerprint density at radius 2 is 0.943 bits per heavy atom. The van der Waals surface area contributed by atoms with Crippen molar-refractivity contribution in [2.45, 2.75) is 0 Å². The van der Waals surface area contributed by atoms with Crippen molar-refractivity contribution in [1.29, 1.82) is 0 Å². The molecule has 9 aromatic carbocycles. The first kappa shape index (κ1) is 29.0. The van der Waals surface area contributed by atoms with E-state index in [4.69, 9.17) is 8.83 Å². The van der Waals surface area contributed by atoms with Crippen LogP contribution < -0.4 is 0 Å². The molecule has 12 aromatic rings. The molecule has 0 atom stereocenters.